The topological polar surface area (TPSA) is 79.4 Å². The van der Waals surface area contributed by atoms with Crippen molar-refractivity contribution in [1.29, 1.82) is 0 Å². The number of hydrogen-bond donors (Lipinski definition) is 1. The molecule has 21 heavy (non-hydrogen) atoms. The maximum Gasteiger partial charge on any atom is 0.238 e. The summed E-state index contributed by atoms with van der Waals surface area (Å²) in [5, 5.41) is 2.82. The molecule has 1 aliphatic rings. The summed E-state index contributed by atoms with van der Waals surface area (Å²) >= 11 is 0. The molecule has 1 aromatic heterocycles. The SMILES string of the molecule is CS(=O)(=O)N1CCCCC1C(=O)NCCc1ccccn1. The molecule has 0 spiro atoms. The van der Waals surface area contributed by atoms with E-state index >= 15 is 0 Å². The number of hydrogen-bond acceptors (Lipinski definition) is 4. The van der Waals surface area contributed by atoms with Crippen molar-refractivity contribution < 1.29 is 13.2 Å². The van der Waals surface area contributed by atoms with Gasteiger partial charge in [0, 0.05) is 31.4 Å². The van der Waals surface area contributed by atoms with Crippen LogP contribution in [0.2, 0.25) is 0 Å². The van der Waals surface area contributed by atoms with E-state index in [2.05, 4.69) is 10.3 Å². The van der Waals surface area contributed by atoms with Crippen molar-refractivity contribution in [3.8, 4) is 0 Å². The number of sulfonamides is 1. The van der Waals surface area contributed by atoms with E-state index in [-0.39, 0.29) is 5.91 Å². The lowest BCUT2D eigenvalue weighted by Gasteiger charge is -2.32. The summed E-state index contributed by atoms with van der Waals surface area (Å²) in [6.07, 6.45) is 5.78. The van der Waals surface area contributed by atoms with Crippen molar-refractivity contribution in [3.05, 3.63) is 30.1 Å². The highest BCUT2D eigenvalue weighted by molar-refractivity contribution is 7.88. The molecule has 1 saturated heterocycles. The number of aromatic nitrogens is 1. The average molecular weight is 311 g/mol. The minimum absolute atomic E-state index is 0.212. The summed E-state index contributed by atoms with van der Waals surface area (Å²) in [5.41, 5.74) is 0.904. The smallest absolute Gasteiger partial charge is 0.238 e. The van der Waals surface area contributed by atoms with E-state index in [1.165, 1.54) is 4.31 Å². The Hall–Kier alpha value is -1.47. The molecule has 2 heterocycles. The molecule has 0 saturated carbocycles. The minimum Gasteiger partial charge on any atom is -0.354 e. The average Bonchev–Trinajstić information content (AvgIpc) is 2.47. The number of nitrogens with one attached hydrogen (secondary N) is 1. The predicted molar refractivity (Wildman–Crippen MR) is 80.1 cm³/mol. The number of carbonyl (C=O) groups is 1. The Labute approximate surface area is 125 Å². The molecule has 1 amide bonds. The first-order valence-corrected chi connectivity index (χ1v) is 8.98. The van der Waals surface area contributed by atoms with Crippen LogP contribution >= 0.6 is 0 Å². The highest BCUT2D eigenvalue weighted by Gasteiger charge is 2.34. The van der Waals surface area contributed by atoms with Gasteiger partial charge in [0.25, 0.3) is 0 Å². The second-order valence-corrected chi connectivity index (χ2v) is 7.18. The van der Waals surface area contributed by atoms with Crippen LogP contribution in [0.1, 0.15) is 25.0 Å². The fraction of sp³-hybridized carbons (Fsp3) is 0.571. The molecule has 0 aromatic carbocycles. The van der Waals surface area contributed by atoms with Crippen molar-refractivity contribution in [2.45, 2.75) is 31.7 Å². The number of pyridine rings is 1. The zero-order valence-corrected chi connectivity index (χ0v) is 13.0. The molecule has 1 fully saturated rings. The van der Waals surface area contributed by atoms with Gasteiger partial charge in [0.05, 0.1) is 6.26 Å². The Morgan fingerprint density at radius 1 is 1.43 bits per heavy atom. The first-order valence-electron chi connectivity index (χ1n) is 7.13. The van der Waals surface area contributed by atoms with Crippen molar-refractivity contribution in [3.63, 3.8) is 0 Å². The largest absolute Gasteiger partial charge is 0.354 e. The van der Waals surface area contributed by atoms with Crippen molar-refractivity contribution in [2.75, 3.05) is 19.3 Å². The summed E-state index contributed by atoms with van der Waals surface area (Å²) < 4.78 is 24.8. The molecular formula is C14H21N3O3S. The first-order chi connectivity index (χ1) is 9.98. The molecule has 1 aliphatic heterocycles. The third kappa shape index (κ3) is 4.50. The Morgan fingerprint density at radius 3 is 2.90 bits per heavy atom. The van der Waals surface area contributed by atoms with Gasteiger partial charge in [-0.25, -0.2) is 8.42 Å². The van der Waals surface area contributed by atoms with E-state index in [4.69, 9.17) is 0 Å². The second-order valence-electron chi connectivity index (χ2n) is 5.25. The van der Waals surface area contributed by atoms with Gasteiger partial charge in [0.15, 0.2) is 0 Å². The highest BCUT2D eigenvalue weighted by atomic mass is 32.2. The Kier molecular flexibility index (Phi) is 5.30. The highest BCUT2D eigenvalue weighted by Crippen LogP contribution is 2.19. The zero-order valence-electron chi connectivity index (χ0n) is 12.2. The standard InChI is InChI=1S/C14H21N3O3S/c1-21(19,20)17-11-5-3-7-13(17)14(18)16-10-8-12-6-2-4-9-15-12/h2,4,6,9,13H,3,5,7-8,10-11H2,1H3,(H,16,18). The molecule has 116 valence electrons. The molecule has 7 heteroatoms. The van der Waals surface area contributed by atoms with Crippen LogP contribution in [-0.4, -0.2) is 49.0 Å². The van der Waals surface area contributed by atoms with E-state index in [1.54, 1.807) is 6.20 Å². The Morgan fingerprint density at radius 2 is 2.24 bits per heavy atom. The molecule has 0 aliphatic carbocycles. The van der Waals surface area contributed by atoms with Gasteiger partial charge in [-0.15, -0.1) is 0 Å². The second kappa shape index (κ2) is 7.00. The number of nitrogens with zero attached hydrogens (tertiary/aromatic N) is 2. The zero-order chi connectivity index (χ0) is 15.3. The fourth-order valence-electron chi connectivity index (χ4n) is 2.54. The van der Waals surface area contributed by atoms with Gasteiger partial charge >= 0.3 is 0 Å². The monoisotopic (exact) mass is 311 g/mol. The van der Waals surface area contributed by atoms with E-state index in [0.717, 1.165) is 24.8 Å². The number of rotatable bonds is 5. The first kappa shape index (κ1) is 15.9. The lowest BCUT2D eigenvalue weighted by molar-refractivity contribution is -0.125. The van der Waals surface area contributed by atoms with Crippen molar-refractivity contribution in [2.24, 2.45) is 0 Å². The molecular weight excluding hydrogens is 290 g/mol. The number of amides is 1. The maximum atomic E-state index is 12.2. The Balaban J connectivity index is 1.89. The van der Waals surface area contributed by atoms with Gasteiger partial charge in [0.2, 0.25) is 15.9 Å². The third-order valence-electron chi connectivity index (χ3n) is 3.59. The fourth-order valence-corrected chi connectivity index (χ4v) is 3.67. The van der Waals surface area contributed by atoms with E-state index in [9.17, 15) is 13.2 Å². The van der Waals surface area contributed by atoms with Crippen LogP contribution < -0.4 is 5.32 Å². The molecule has 1 unspecified atom stereocenters. The quantitative estimate of drug-likeness (QED) is 0.861. The summed E-state index contributed by atoms with van der Waals surface area (Å²) in [7, 11) is -3.34. The number of piperidine rings is 1. The van der Waals surface area contributed by atoms with Gasteiger partial charge in [-0.05, 0) is 25.0 Å². The summed E-state index contributed by atoms with van der Waals surface area (Å²) in [5.74, 6) is -0.212. The minimum atomic E-state index is -3.34. The number of carbonyl (C=O) groups excluding carboxylic acids is 1. The predicted octanol–water partition coefficient (Wildman–Crippen LogP) is 0.554. The molecule has 1 atom stereocenters. The molecule has 0 radical (unpaired) electrons. The molecule has 1 N–H and O–H groups in total. The van der Waals surface area contributed by atoms with Crippen LogP contribution in [0.4, 0.5) is 0 Å². The lowest BCUT2D eigenvalue weighted by Crippen LogP contribution is -2.51. The maximum absolute atomic E-state index is 12.2. The Bertz CT molecular complexity index is 574. The lowest BCUT2D eigenvalue weighted by atomic mass is 10.0. The molecule has 1 aromatic rings. The summed E-state index contributed by atoms with van der Waals surface area (Å²) in [6, 6.07) is 5.07. The van der Waals surface area contributed by atoms with Crippen LogP contribution in [-0.2, 0) is 21.2 Å². The van der Waals surface area contributed by atoms with E-state index in [0.29, 0.717) is 25.9 Å². The van der Waals surface area contributed by atoms with E-state index in [1.807, 2.05) is 18.2 Å². The van der Waals surface area contributed by atoms with E-state index < -0.39 is 16.1 Å². The molecule has 0 bridgehead atoms. The van der Waals surface area contributed by atoms with Crippen LogP contribution in [0.25, 0.3) is 0 Å². The van der Waals surface area contributed by atoms with Crippen LogP contribution in [0.3, 0.4) is 0 Å². The van der Waals surface area contributed by atoms with Gasteiger partial charge in [0.1, 0.15) is 6.04 Å². The summed E-state index contributed by atoms with van der Waals surface area (Å²) in [6.45, 7) is 0.890. The third-order valence-corrected chi connectivity index (χ3v) is 4.88. The van der Waals surface area contributed by atoms with Crippen molar-refractivity contribution in [1.82, 2.24) is 14.6 Å². The van der Waals surface area contributed by atoms with Crippen molar-refractivity contribution >= 4 is 15.9 Å². The van der Waals surface area contributed by atoms with Crippen LogP contribution in [0.15, 0.2) is 24.4 Å². The van der Waals surface area contributed by atoms with Gasteiger partial charge < -0.3 is 5.32 Å². The van der Waals surface area contributed by atoms with Crippen LogP contribution in [0.5, 0.6) is 0 Å². The van der Waals surface area contributed by atoms with Gasteiger partial charge in [-0.2, -0.15) is 4.31 Å². The molecule has 6 nitrogen and oxygen atoms in total. The van der Waals surface area contributed by atoms with Gasteiger partial charge in [-0.3, -0.25) is 9.78 Å². The normalized spacial score (nSPS) is 20.1. The van der Waals surface area contributed by atoms with Gasteiger partial charge in [-0.1, -0.05) is 12.5 Å². The molecule has 2 rings (SSSR count). The van der Waals surface area contributed by atoms with Crippen LogP contribution in [0, 0.1) is 0 Å². The summed E-state index contributed by atoms with van der Waals surface area (Å²) in [4.78, 5) is 16.4.